The quantitative estimate of drug-likeness (QED) is 0.299. The second kappa shape index (κ2) is 10.0. The van der Waals surface area contributed by atoms with Gasteiger partial charge in [0.25, 0.3) is 11.6 Å². The van der Waals surface area contributed by atoms with Gasteiger partial charge in [0.1, 0.15) is 6.61 Å². The van der Waals surface area contributed by atoms with Gasteiger partial charge >= 0.3 is 0 Å². The lowest BCUT2D eigenvalue weighted by molar-refractivity contribution is -0.385. The molecule has 0 aliphatic carbocycles. The highest BCUT2D eigenvalue weighted by Crippen LogP contribution is 2.33. The molecule has 1 N–H and O–H groups in total. The maximum absolute atomic E-state index is 12.4. The number of para-hydroxylation sites is 2. The summed E-state index contributed by atoms with van der Waals surface area (Å²) in [4.78, 5) is 28.0. The molecule has 3 aromatic carbocycles. The fourth-order valence-corrected chi connectivity index (χ4v) is 3.95. The molecule has 0 atom stereocenters. The topological polar surface area (TPSA) is 103 Å². The number of hydrogen-bond donors (Lipinski definition) is 1. The van der Waals surface area contributed by atoms with Gasteiger partial charge in [-0.05, 0) is 53.7 Å². The molecule has 0 saturated carbocycles. The maximum Gasteiger partial charge on any atom is 0.276 e. The van der Waals surface area contributed by atoms with Gasteiger partial charge in [0.05, 0.1) is 28.2 Å². The zero-order chi connectivity index (χ0) is 23.2. The Morgan fingerprint density at radius 3 is 2.58 bits per heavy atom. The van der Waals surface area contributed by atoms with Crippen molar-refractivity contribution in [2.75, 3.05) is 7.11 Å². The Kier molecular flexibility index (Phi) is 6.70. The summed E-state index contributed by atoms with van der Waals surface area (Å²) in [6.07, 6.45) is 1.74. The molecule has 0 aromatic heterocycles. The average molecular weight is 461 g/mol. The molecule has 1 fully saturated rings. The Bertz CT molecular complexity index is 1260. The Hall–Kier alpha value is -4.11. The number of benzene rings is 3. The van der Waals surface area contributed by atoms with Crippen LogP contribution in [0.15, 0.2) is 82.7 Å². The summed E-state index contributed by atoms with van der Waals surface area (Å²) in [5.41, 5.74) is 1.95. The average Bonchev–Trinajstić information content (AvgIpc) is 3.17. The molecule has 0 bridgehead atoms. The van der Waals surface area contributed by atoms with Crippen LogP contribution in [0.2, 0.25) is 0 Å². The number of nitrogens with zero attached hydrogens (tertiary/aromatic N) is 2. The lowest BCUT2D eigenvalue weighted by atomic mass is 10.1. The molecule has 1 aliphatic rings. The van der Waals surface area contributed by atoms with Crippen molar-refractivity contribution >= 4 is 40.3 Å². The zero-order valence-electron chi connectivity index (χ0n) is 17.6. The van der Waals surface area contributed by atoms with E-state index in [4.69, 9.17) is 9.47 Å². The number of carbonyl (C=O) groups is 1. The van der Waals surface area contributed by atoms with Gasteiger partial charge in [-0.25, -0.2) is 4.99 Å². The predicted molar refractivity (Wildman–Crippen MR) is 128 cm³/mol. The number of rotatable bonds is 7. The van der Waals surface area contributed by atoms with Crippen molar-refractivity contribution in [3.63, 3.8) is 0 Å². The number of methoxy groups -OCH3 is 1. The largest absolute Gasteiger partial charge is 0.493 e. The first-order chi connectivity index (χ1) is 16.0. The number of amidine groups is 1. The minimum absolute atomic E-state index is 0.00457. The van der Waals surface area contributed by atoms with Crippen molar-refractivity contribution in [2.45, 2.75) is 6.61 Å². The maximum atomic E-state index is 12.4. The fourth-order valence-electron chi connectivity index (χ4n) is 3.11. The Balaban J connectivity index is 1.50. The number of ether oxygens (including phenoxy) is 2. The van der Waals surface area contributed by atoms with E-state index in [1.165, 1.54) is 24.9 Å². The molecule has 33 heavy (non-hydrogen) atoms. The monoisotopic (exact) mass is 461 g/mol. The third-order valence-electron chi connectivity index (χ3n) is 4.69. The normalized spacial score (nSPS) is 15.5. The van der Waals surface area contributed by atoms with E-state index in [0.29, 0.717) is 27.1 Å². The van der Waals surface area contributed by atoms with Crippen molar-refractivity contribution < 1.29 is 19.2 Å². The van der Waals surface area contributed by atoms with Gasteiger partial charge in [0, 0.05) is 6.07 Å². The highest BCUT2D eigenvalue weighted by Gasteiger charge is 2.24. The molecule has 1 amide bonds. The molecular weight excluding hydrogens is 442 g/mol. The zero-order valence-corrected chi connectivity index (χ0v) is 18.4. The van der Waals surface area contributed by atoms with Crippen LogP contribution in [0.1, 0.15) is 11.1 Å². The second-order valence-electron chi connectivity index (χ2n) is 6.90. The summed E-state index contributed by atoms with van der Waals surface area (Å²) in [7, 11) is 1.51. The molecular formula is C24H19N3O5S. The summed E-state index contributed by atoms with van der Waals surface area (Å²) >= 11 is 1.25. The summed E-state index contributed by atoms with van der Waals surface area (Å²) < 4.78 is 11.2. The third kappa shape index (κ3) is 5.39. The molecule has 0 unspecified atom stereocenters. The second-order valence-corrected chi connectivity index (χ2v) is 7.93. The standard InChI is InChI=1S/C24H19N3O5S/c1-31-21-13-16(11-12-20(21)32-15-17-7-5-6-10-19(17)27(29)30)14-22-23(28)26-24(33-22)25-18-8-3-2-4-9-18/h2-14H,15H2,1H3,(H,25,26,28)/b22-14+. The van der Waals surface area contributed by atoms with Crippen LogP contribution >= 0.6 is 11.8 Å². The van der Waals surface area contributed by atoms with Gasteiger partial charge in [-0.3, -0.25) is 14.9 Å². The predicted octanol–water partition coefficient (Wildman–Crippen LogP) is 5.07. The van der Waals surface area contributed by atoms with Crippen molar-refractivity contribution in [2.24, 2.45) is 4.99 Å². The fraction of sp³-hybridized carbons (Fsp3) is 0.0833. The highest BCUT2D eigenvalue weighted by atomic mass is 32.2. The van der Waals surface area contributed by atoms with Crippen LogP contribution in [0.5, 0.6) is 11.5 Å². The summed E-state index contributed by atoms with van der Waals surface area (Å²) in [6, 6.07) is 21.0. The van der Waals surface area contributed by atoms with Crippen LogP contribution in [0, 0.1) is 10.1 Å². The third-order valence-corrected chi connectivity index (χ3v) is 5.60. The lowest BCUT2D eigenvalue weighted by Crippen LogP contribution is -2.19. The first-order valence-electron chi connectivity index (χ1n) is 9.91. The first kappa shape index (κ1) is 22.1. The first-order valence-corrected chi connectivity index (χ1v) is 10.7. The lowest BCUT2D eigenvalue weighted by Gasteiger charge is -2.11. The van der Waals surface area contributed by atoms with Gasteiger partial charge in [0.15, 0.2) is 16.7 Å². The van der Waals surface area contributed by atoms with Gasteiger partial charge in [0.2, 0.25) is 0 Å². The van der Waals surface area contributed by atoms with Gasteiger partial charge < -0.3 is 14.8 Å². The number of nitrogens with one attached hydrogen (secondary N) is 1. The summed E-state index contributed by atoms with van der Waals surface area (Å²) in [6.45, 7) is 0.0194. The van der Waals surface area contributed by atoms with Gasteiger partial charge in [-0.1, -0.05) is 36.4 Å². The van der Waals surface area contributed by atoms with Crippen LogP contribution < -0.4 is 14.8 Å². The van der Waals surface area contributed by atoms with Crippen LogP contribution in [0.4, 0.5) is 11.4 Å². The van der Waals surface area contributed by atoms with E-state index in [2.05, 4.69) is 10.3 Å². The van der Waals surface area contributed by atoms with Crippen molar-refractivity contribution in [3.05, 3.63) is 98.9 Å². The Labute approximate surface area is 194 Å². The number of hydrogen-bond acceptors (Lipinski definition) is 7. The van der Waals surface area contributed by atoms with Gasteiger partial charge in [-0.2, -0.15) is 0 Å². The highest BCUT2D eigenvalue weighted by molar-refractivity contribution is 8.18. The number of thioether (sulfide) groups is 1. The Morgan fingerprint density at radius 1 is 1.06 bits per heavy atom. The van der Waals surface area contributed by atoms with E-state index >= 15 is 0 Å². The number of nitro groups is 1. The molecule has 4 rings (SSSR count). The molecule has 3 aromatic rings. The number of nitro benzene ring substituents is 1. The molecule has 8 nitrogen and oxygen atoms in total. The molecule has 1 saturated heterocycles. The van der Waals surface area contributed by atoms with Gasteiger partial charge in [-0.15, -0.1) is 0 Å². The van der Waals surface area contributed by atoms with Crippen molar-refractivity contribution in [1.82, 2.24) is 5.32 Å². The summed E-state index contributed by atoms with van der Waals surface area (Å²) in [5.74, 6) is 0.655. The number of aliphatic imine (C=N–C) groups is 1. The molecule has 166 valence electrons. The van der Waals surface area contributed by atoms with E-state index in [1.54, 1.807) is 42.5 Å². The van der Waals surface area contributed by atoms with E-state index in [-0.39, 0.29) is 18.2 Å². The van der Waals surface area contributed by atoms with Crippen LogP contribution in [0.25, 0.3) is 6.08 Å². The van der Waals surface area contributed by atoms with E-state index in [0.717, 1.165) is 11.3 Å². The van der Waals surface area contributed by atoms with E-state index in [1.807, 2.05) is 30.3 Å². The minimum atomic E-state index is -0.440. The van der Waals surface area contributed by atoms with Crippen LogP contribution in [0.3, 0.4) is 0 Å². The smallest absolute Gasteiger partial charge is 0.276 e. The molecule has 0 spiro atoms. The summed E-state index contributed by atoms with van der Waals surface area (Å²) in [5, 5.41) is 14.5. The van der Waals surface area contributed by atoms with Crippen molar-refractivity contribution in [1.29, 1.82) is 0 Å². The van der Waals surface area contributed by atoms with Crippen LogP contribution in [-0.2, 0) is 11.4 Å². The SMILES string of the molecule is COc1cc(/C=C2/SC(=Nc3ccccc3)NC2=O)ccc1OCc1ccccc1[N+](=O)[O-]. The molecule has 1 aliphatic heterocycles. The minimum Gasteiger partial charge on any atom is -0.493 e. The molecule has 0 radical (unpaired) electrons. The molecule has 9 heteroatoms. The molecule has 1 heterocycles. The Morgan fingerprint density at radius 2 is 1.82 bits per heavy atom. The van der Waals surface area contributed by atoms with Crippen LogP contribution in [-0.4, -0.2) is 23.1 Å². The van der Waals surface area contributed by atoms with Crippen molar-refractivity contribution in [3.8, 4) is 11.5 Å². The van der Waals surface area contributed by atoms with E-state index < -0.39 is 4.92 Å². The van der Waals surface area contributed by atoms with E-state index in [9.17, 15) is 14.9 Å². The number of amides is 1. The number of carbonyl (C=O) groups excluding carboxylic acids is 1.